The standard InChI is InChI=1S/C17H15BrN2OS2/c1-2-11-3-5-12(6-4-11)9-16(21)20-17-19-13(10-22-17)14-7-8-15(18)23-14/h3-8,10H,2,9H2,1H3,(H,19,20,21). The molecule has 0 atom stereocenters. The van der Waals surface area contributed by atoms with Gasteiger partial charge in [-0.3, -0.25) is 4.79 Å². The van der Waals surface area contributed by atoms with Gasteiger partial charge in [0, 0.05) is 5.38 Å². The van der Waals surface area contributed by atoms with Crippen LogP contribution in [-0.2, 0) is 17.6 Å². The van der Waals surface area contributed by atoms with Gasteiger partial charge in [-0.25, -0.2) is 4.98 Å². The lowest BCUT2D eigenvalue weighted by atomic mass is 10.1. The number of rotatable bonds is 5. The van der Waals surface area contributed by atoms with E-state index >= 15 is 0 Å². The summed E-state index contributed by atoms with van der Waals surface area (Å²) < 4.78 is 1.07. The fourth-order valence-corrected chi connectivity index (χ4v) is 4.29. The summed E-state index contributed by atoms with van der Waals surface area (Å²) in [5.41, 5.74) is 3.19. The molecule has 0 aliphatic rings. The average molecular weight is 407 g/mol. The van der Waals surface area contributed by atoms with E-state index in [1.165, 1.54) is 16.9 Å². The van der Waals surface area contributed by atoms with Crippen LogP contribution in [0.25, 0.3) is 10.6 Å². The van der Waals surface area contributed by atoms with Crippen molar-refractivity contribution in [2.45, 2.75) is 19.8 Å². The molecule has 0 radical (unpaired) electrons. The smallest absolute Gasteiger partial charge is 0.230 e. The lowest BCUT2D eigenvalue weighted by molar-refractivity contribution is -0.115. The Kier molecular flexibility index (Phi) is 5.25. The van der Waals surface area contributed by atoms with Gasteiger partial charge in [-0.1, -0.05) is 31.2 Å². The van der Waals surface area contributed by atoms with Crippen LogP contribution < -0.4 is 5.32 Å². The molecule has 2 aromatic heterocycles. The van der Waals surface area contributed by atoms with Crippen molar-refractivity contribution in [1.82, 2.24) is 4.98 Å². The second-order valence-corrected chi connectivity index (χ2v) is 8.36. The second kappa shape index (κ2) is 7.38. The van der Waals surface area contributed by atoms with Crippen molar-refractivity contribution in [2.75, 3.05) is 5.32 Å². The van der Waals surface area contributed by atoms with Crippen molar-refractivity contribution in [1.29, 1.82) is 0 Å². The van der Waals surface area contributed by atoms with Crippen LogP contribution in [0.15, 0.2) is 45.6 Å². The topological polar surface area (TPSA) is 42.0 Å². The summed E-state index contributed by atoms with van der Waals surface area (Å²) in [6.45, 7) is 2.12. The predicted octanol–water partition coefficient (Wildman–Crippen LogP) is 5.38. The molecule has 0 saturated carbocycles. The summed E-state index contributed by atoms with van der Waals surface area (Å²) in [6, 6.07) is 12.2. The Labute approximate surface area is 151 Å². The number of anilines is 1. The maximum absolute atomic E-state index is 12.1. The highest BCUT2D eigenvalue weighted by molar-refractivity contribution is 9.11. The minimum atomic E-state index is -0.0393. The molecule has 0 unspecified atom stereocenters. The van der Waals surface area contributed by atoms with Crippen molar-refractivity contribution in [3.63, 3.8) is 0 Å². The molecular weight excluding hydrogens is 392 g/mol. The Morgan fingerprint density at radius 3 is 2.57 bits per heavy atom. The maximum atomic E-state index is 12.1. The van der Waals surface area contributed by atoms with E-state index in [4.69, 9.17) is 0 Å². The lowest BCUT2D eigenvalue weighted by Crippen LogP contribution is -2.14. The number of thiophene rings is 1. The van der Waals surface area contributed by atoms with Crippen LogP contribution in [-0.4, -0.2) is 10.9 Å². The molecule has 0 spiro atoms. The third-order valence-electron chi connectivity index (χ3n) is 3.37. The normalized spacial score (nSPS) is 10.7. The summed E-state index contributed by atoms with van der Waals surface area (Å²) >= 11 is 6.52. The average Bonchev–Trinajstić information content (AvgIpc) is 3.17. The summed E-state index contributed by atoms with van der Waals surface area (Å²) in [5.74, 6) is -0.0393. The van der Waals surface area contributed by atoms with E-state index in [9.17, 15) is 4.79 Å². The first-order chi connectivity index (χ1) is 11.1. The zero-order chi connectivity index (χ0) is 16.2. The number of hydrogen-bond acceptors (Lipinski definition) is 4. The van der Waals surface area contributed by atoms with Crippen molar-refractivity contribution < 1.29 is 4.79 Å². The van der Waals surface area contributed by atoms with Crippen molar-refractivity contribution in [3.05, 3.63) is 56.7 Å². The summed E-state index contributed by atoms with van der Waals surface area (Å²) in [4.78, 5) is 17.7. The number of nitrogens with one attached hydrogen (secondary N) is 1. The minimum absolute atomic E-state index is 0.0393. The number of nitrogens with zero attached hydrogens (tertiary/aromatic N) is 1. The Balaban J connectivity index is 1.62. The lowest BCUT2D eigenvalue weighted by Gasteiger charge is -2.03. The minimum Gasteiger partial charge on any atom is -0.302 e. The first kappa shape index (κ1) is 16.4. The Bertz CT molecular complexity index is 808. The number of hydrogen-bond donors (Lipinski definition) is 1. The molecule has 1 amide bonds. The second-order valence-electron chi connectivity index (χ2n) is 5.04. The van der Waals surface area contributed by atoms with E-state index in [1.807, 2.05) is 29.6 Å². The fourth-order valence-electron chi connectivity index (χ4n) is 2.14. The van der Waals surface area contributed by atoms with E-state index in [-0.39, 0.29) is 5.91 Å². The number of aryl methyl sites for hydroxylation is 1. The van der Waals surface area contributed by atoms with Gasteiger partial charge in [-0.05, 0) is 45.6 Å². The van der Waals surface area contributed by atoms with Crippen LogP contribution >= 0.6 is 38.6 Å². The highest BCUT2D eigenvalue weighted by atomic mass is 79.9. The molecule has 6 heteroatoms. The third-order valence-corrected chi connectivity index (χ3v) is 5.78. The molecule has 3 nitrogen and oxygen atoms in total. The Hall–Kier alpha value is -1.50. The van der Waals surface area contributed by atoms with Gasteiger partial charge in [0.1, 0.15) is 0 Å². The molecule has 0 aliphatic heterocycles. The van der Waals surface area contributed by atoms with Gasteiger partial charge < -0.3 is 5.32 Å². The number of amides is 1. The predicted molar refractivity (Wildman–Crippen MR) is 101 cm³/mol. The molecule has 0 bridgehead atoms. The van der Waals surface area contributed by atoms with Crippen LogP contribution in [0.1, 0.15) is 18.1 Å². The fraction of sp³-hybridized carbons (Fsp3) is 0.176. The number of benzene rings is 1. The first-order valence-corrected chi connectivity index (χ1v) is 9.72. The van der Waals surface area contributed by atoms with Crippen molar-refractivity contribution in [2.24, 2.45) is 0 Å². The van der Waals surface area contributed by atoms with Crippen LogP contribution in [0.5, 0.6) is 0 Å². The van der Waals surface area contributed by atoms with E-state index < -0.39 is 0 Å². The number of carbonyl (C=O) groups is 1. The van der Waals surface area contributed by atoms with Crippen molar-refractivity contribution >= 4 is 49.6 Å². The quantitative estimate of drug-likeness (QED) is 0.617. The van der Waals surface area contributed by atoms with E-state index in [0.717, 1.165) is 26.3 Å². The summed E-state index contributed by atoms with van der Waals surface area (Å²) in [7, 11) is 0. The molecule has 23 heavy (non-hydrogen) atoms. The van der Waals surface area contributed by atoms with Crippen LogP contribution in [0.3, 0.4) is 0 Å². The van der Waals surface area contributed by atoms with Crippen LogP contribution in [0.2, 0.25) is 0 Å². The van der Waals surface area contributed by atoms with Gasteiger partial charge in [-0.15, -0.1) is 22.7 Å². The van der Waals surface area contributed by atoms with Gasteiger partial charge >= 0.3 is 0 Å². The molecule has 1 aromatic carbocycles. The highest BCUT2D eigenvalue weighted by Crippen LogP contribution is 2.33. The number of halogens is 1. The summed E-state index contributed by atoms with van der Waals surface area (Å²) in [6.07, 6.45) is 1.37. The number of thiazole rings is 1. The van der Waals surface area contributed by atoms with E-state index in [1.54, 1.807) is 11.3 Å². The maximum Gasteiger partial charge on any atom is 0.230 e. The first-order valence-electron chi connectivity index (χ1n) is 7.23. The van der Waals surface area contributed by atoms with Gasteiger partial charge in [-0.2, -0.15) is 0 Å². The molecule has 1 N–H and O–H groups in total. The molecule has 2 heterocycles. The van der Waals surface area contributed by atoms with E-state index in [0.29, 0.717) is 11.6 Å². The van der Waals surface area contributed by atoms with Gasteiger partial charge in [0.05, 0.1) is 20.8 Å². The molecule has 0 aliphatic carbocycles. The largest absolute Gasteiger partial charge is 0.302 e. The molecule has 3 aromatic rings. The molecular formula is C17H15BrN2OS2. The van der Waals surface area contributed by atoms with Crippen LogP contribution in [0, 0.1) is 0 Å². The van der Waals surface area contributed by atoms with Gasteiger partial charge in [0.2, 0.25) is 5.91 Å². The zero-order valence-corrected chi connectivity index (χ0v) is 15.7. The molecule has 0 fully saturated rings. The number of carbonyl (C=O) groups excluding carboxylic acids is 1. The zero-order valence-electron chi connectivity index (χ0n) is 12.5. The molecule has 3 rings (SSSR count). The van der Waals surface area contributed by atoms with Gasteiger partial charge in [0.25, 0.3) is 0 Å². The molecule has 0 saturated heterocycles. The third kappa shape index (κ3) is 4.28. The molecule has 118 valence electrons. The van der Waals surface area contributed by atoms with Crippen molar-refractivity contribution in [3.8, 4) is 10.6 Å². The number of aromatic nitrogens is 1. The monoisotopic (exact) mass is 406 g/mol. The Morgan fingerprint density at radius 2 is 1.91 bits per heavy atom. The Morgan fingerprint density at radius 1 is 1.17 bits per heavy atom. The van der Waals surface area contributed by atoms with E-state index in [2.05, 4.69) is 45.3 Å². The highest BCUT2D eigenvalue weighted by Gasteiger charge is 2.10. The SMILES string of the molecule is CCc1ccc(CC(=O)Nc2nc(-c3ccc(Br)s3)cs2)cc1. The van der Waals surface area contributed by atoms with Gasteiger partial charge in [0.15, 0.2) is 5.13 Å². The van der Waals surface area contributed by atoms with Crippen LogP contribution in [0.4, 0.5) is 5.13 Å². The summed E-state index contributed by atoms with van der Waals surface area (Å²) in [5, 5.41) is 5.48.